The van der Waals surface area contributed by atoms with Crippen molar-refractivity contribution in [2.75, 3.05) is 13.2 Å². The van der Waals surface area contributed by atoms with Gasteiger partial charge in [-0.1, -0.05) is 0 Å². The Labute approximate surface area is 166 Å². The minimum Gasteiger partial charge on any atom is -0.463 e. The number of carbonyl (C=O) groups is 1. The van der Waals surface area contributed by atoms with Crippen molar-refractivity contribution in [2.45, 2.75) is 57.6 Å². The molecule has 0 amide bonds. The smallest absolute Gasteiger partial charge is 0.463 e. The van der Waals surface area contributed by atoms with E-state index in [9.17, 15) is 24.1 Å². The van der Waals surface area contributed by atoms with Crippen molar-refractivity contribution in [3.63, 3.8) is 0 Å². The summed E-state index contributed by atoms with van der Waals surface area (Å²) in [5.74, 6) is -0.354. The first-order valence-electron chi connectivity index (χ1n) is 9.31. The number of aromatic nitrogens is 2. The zero-order valence-corrected chi connectivity index (χ0v) is 17.0. The second-order valence-corrected chi connectivity index (χ2v) is 8.27. The van der Waals surface area contributed by atoms with Crippen LogP contribution in [0.4, 0.5) is 0 Å². The number of nitrogens with zero attached hydrogens (tertiary/aromatic N) is 1. The number of aliphatic hydroxyl groups is 1. The number of H-pyrrole nitrogens is 1. The lowest BCUT2D eigenvalue weighted by molar-refractivity contribution is -0.147. The number of aromatic amines is 1. The van der Waals surface area contributed by atoms with Crippen molar-refractivity contribution >= 4 is 14.2 Å². The fourth-order valence-electron chi connectivity index (χ4n) is 3.42. The van der Waals surface area contributed by atoms with Gasteiger partial charge < -0.3 is 14.6 Å². The van der Waals surface area contributed by atoms with E-state index in [0.29, 0.717) is 6.42 Å². The van der Waals surface area contributed by atoms with Crippen molar-refractivity contribution < 1.29 is 33.0 Å². The summed E-state index contributed by atoms with van der Waals surface area (Å²) >= 11 is 0. The molecular formula is C17H24N2O9P+. The first-order valence-corrected chi connectivity index (χ1v) is 10.4. The molecule has 0 aromatic carbocycles. The summed E-state index contributed by atoms with van der Waals surface area (Å²) in [5, 5.41) is 9.78. The summed E-state index contributed by atoms with van der Waals surface area (Å²) in [6.07, 6.45) is 0.0395. The van der Waals surface area contributed by atoms with E-state index in [1.807, 2.05) is 0 Å². The Bertz CT molecular complexity index is 882. The Kier molecular flexibility index (Phi) is 6.65. The largest absolute Gasteiger partial charge is 0.697 e. The molecule has 29 heavy (non-hydrogen) atoms. The minimum absolute atomic E-state index is 0.0577. The number of fused-ring (bicyclic) bond motifs is 1. The van der Waals surface area contributed by atoms with Gasteiger partial charge in [0.25, 0.3) is 5.56 Å². The fourth-order valence-corrected chi connectivity index (χ4v) is 4.27. The van der Waals surface area contributed by atoms with Crippen LogP contribution in [0.5, 0.6) is 0 Å². The molecule has 1 aromatic heterocycles. The quantitative estimate of drug-likeness (QED) is 0.309. The molecule has 3 rings (SSSR count). The lowest BCUT2D eigenvalue weighted by Gasteiger charge is -2.17. The van der Waals surface area contributed by atoms with Gasteiger partial charge in [-0.2, -0.15) is 0 Å². The number of aliphatic hydroxyl groups excluding tert-OH is 1. The number of hydrogen-bond donors (Lipinski definition) is 2. The van der Waals surface area contributed by atoms with Crippen molar-refractivity contribution in [2.24, 2.45) is 5.41 Å². The average Bonchev–Trinajstić information content (AvgIpc) is 3.03. The van der Waals surface area contributed by atoms with Crippen LogP contribution in [0.25, 0.3) is 0 Å². The molecule has 5 unspecified atom stereocenters. The van der Waals surface area contributed by atoms with Gasteiger partial charge in [0.05, 0.1) is 18.1 Å². The van der Waals surface area contributed by atoms with Crippen molar-refractivity contribution in [1.29, 1.82) is 0 Å². The molecule has 12 heteroatoms. The Morgan fingerprint density at radius 2 is 2.24 bits per heavy atom. The van der Waals surface area contributed by atoms with E-state index < -0.39 is 43.4 Å². The number of nitrogens with one attached hydrogen (secondary N) is 1. The highest BCUT2D eigenvalue weighted by atomic mass is 31.1. The van der Waals surface area contributed by atoms with Gasteiger partial charge in [-0.25, -0.2) is 4.79 Å². The first kappa shape index (κ1) is 21.8. The summed E-state index contributed by atoms with van der Waals surface area (Å²) in [4.78, 5) is 36.6. The molecule has 0 radical (unpaired) electrons. The van der Waals surface area contributed by atoms with Crippen LogP contribution in [-0.4, -0.2) is 52.2 Å². The maximum Gasteiger partial charge on any atom is 0.697 e. The van der Waals surface area contributed by atoms with Gasteiger partial charge in [0.15, 0.2) is 6.10 Å². The summed E-state index contributed by atoms with van der Waals surface area (Å²) in [7, 11) is -2.46. The van der Waals surface area contributed by atoms with Crippen LogP contribution in [0.1, 0.15) is 39.3 Å². The van der Waals surface area contributed by atoms with Gasteiger partial charge in [-0.05, 0) is 20.3 Å². The van der Waals surface area contributed by atoms with Crippen LogP contribution in [0, 0.1) is 5.41 Å². The molecular weight excluding hydrogens is 407 g/mol. The minimum atomic E-state index is -2.46. The zero-order valence-electron chi connectivity index (χ0n) is 16.1. The molecule has 1 saturated heterocycles. The van der Waals surface area contributed by atoms with Gasteiger partial charge in [0.2, 0.25) is 0 Å². The van der Waals surface area contributed by atoms with Crippen molar-refractivity contribution in [3.05, 3.63) is 33.1 Å². The predicted octanol–water partition coefficient (Wildman–Crippen LogP) is 0.607. The van der Waals surface area contributed by atoms with E-state index in [-0.39, 0.29) is 38.1 Å². The maximum atomic E-state index is 12.0. The van der Waals surface area contributed by atoms with Crippen molar-refractivity contribution in [1.82, 2.24) is 9.55 Å². The first-order chi connectivity index (χ1) is 13.8. The van der Waals surface area contributed by atoms with E-state index in [0.717, 1.165) is 0 Å². The second kappa shape index (κ2) is 8.85. The Hall–Kier alpha value is -1.91. The topological polar surface area (TPSA) is 146 Å². The van der Waals surface area contributed by atoms with E-state index in [4.69, 9.17) is 18.5 Å². The van der Waals surface area contributed by atoms with Gasteiger partial charge >= 0.3 is 19.9 Å². The van der Waals surface area contributed by atoms with Crippen LogP contribution in [0.15, 0.2) is 21.9 Å². The van der Waals surface area contributed by atoms with E-state index in [1.165, 1.54) is 16.8 Å². The molecule has 11 nitrogen and oxygen atoms in total. The van der Waals surface area contributed by atoms with Crippen LogP contribution < -0.4 is 11.2 Å². The SMILES string of the molecule is CC(C)OC(=O)CCCO[P+](=O)OC1C2OC(n3ccc(=O)[nH]c3=O)CC21CO. The van der Waals surface area contributed by atoms with Crippen molar-refractivity contribution in [3.8, 4) is 0 Å². The number of esters is 1. The van der Waals surface area contributed by atoms with E-state index in [2.05, 4.69) is 4.98 Å². The molecule has 160 valence electrons. The summed E-state index contributed by atoms with van der Waals surface area (Å²) < 4.78 is 34.4. The summed E-state index contributed by atoms with van der Waals surface area (Å²) in [5.41, 5.74) is -1.91. The lowest BCUT2D eigenvalue weighted by Crippen LogP contribution is -2.33. The average molecular weight is 431 g/mol. The third-order valence-corrected chi connectivity index (χ3v) is 5.69. The van der Waals surface area contributed by atoms with Crippen LogP contribution in [0.2, 0.25) is 0 Å². The number of hydrogen-bond acceptors (Lipinski definition) is 9. The molecule has 2 N–H and O–H groups in total. The van der Waals surface area contributed by atoms with Gasteiger partial charge in [0, 0.05) is 29.7 Å². The zero-order chi connectivity index (χ0) is 21.2. The molecule has 0 spiro atoms. The standard InChI is InChI=1S/C17H23N2O9P/c1-10(2)26-13(22)4-3-7-25-29(24)28-15-14-17(15,9-20)8-12(27-14)19-6-5-11(21)18-16(19)23/h5-6,10,12,14-15,20H,3-4,7-9H2,1-2H3/p+1. The molecule has 1 aromatic rings. The van der Waals surface area contributed by atoms with Crippen LogP contribution >= 0.6 is 8.25 Å². The third-order valence-electron chi connectivity index (χ3n) is 4.90. The lowest BCUT2D eigenvalue weighted by atomic mass is 10.0. The molecule has 1 aliphatic heterocycles. The normalized spacial score (nSPS) is 28.3. The van der Waals surface area contributed by atoms with E-state index >= 15 is 0 Å². The molecule has 0 bridgehead atoms. The molecule has 2 aliphatic rings. The molecule has 2 fully saturated rings. The molecule has 1 aliphatic carbocycles. The Balaban J connectivity index is 1.45. The summed E-state index contributed by atoms with van der Waals surface area (Å²) in [6, 6.07) is 1.20. The Morgan fingerprint density at radius 1 is 1.48 bits per heavy atom. The third kappa shape index (κ3) is 4.81. The maximum absolute atomic E-state index is 12.0. The van der Waals surface area contributed by atoms with Crippen LogP contribution in [-0.2, 0) is 27.9 Å². The molecule has 5 atom stereocenters. The monoisotopic (exact) mass is 431 g/mol. The number of rotatable bonds is 10. The van der Waals surface area contributed by atoms with Gasteiger partial charge in [0.1, 0.15) is 18.9 Å². The Morgan fingerprint density at radius 3 is 2.86 bits per heavy atom. The predicted molar refractivity (Wildman–Crippen MR) is 98.3 cm³/mol. The molecule has 2 heterocycles. The summed E-state index contributed by atoms with van der Waals surface area (Å²) in [6.45, 7) is 3.29. The fraction of sp³-hybridized carbons (Fsp3) is 0.706. The number of carbonyl (C=O) groups excluding carboxylic acids is 1. The number of ether oxygens (including phenoxy) is 2. The highest BCUT2D eigenvalue weighted by Crippen LogP contribution is 2.63. The van der Waals surface area contributed by atoms with Gasteiger partial charge in [-0.3, -0.25) is 19.1 Å². The second-order valence-electron chi connectivity index (χ2n) is 7.35. The molecule has 1 saturated carbocycles. The van der Waals surface area contributed by atoms with Gasteiger partial charge in [-0.15, -0.1) is 9.05 Å². The van der Waals surface area contributed by atoms with E-state index in [1.54, 1.807) is 13.8 Å². The highest BCUT2D eigenvalue weighted by molar-refractivity contribution is 7.33. The van der Waals surface area contributed by atoms with Crippen LogP contribution in [0.3, 0.4) is 0 Å². The highest BCUT2D eigenvalue weighted by Gasteiger charge is 2.75.